The number of anilines is 1. The van der Waals surface area contributed by atoms with Gasteiger partial charge in [0.2, 0.25) is 0 Å². The third-order valence-corrected chi connectivity index (χ3v) is 2.80. The van der Waals surface area contributed by atoms with Gasteiger partial charge in [0, 0.05) is 19.8 Å². The van der Waals surface area contributed by atoms with Crippen molar-refractivity contribution in [2.75, 3.05) is 26.1 Å². The van der Waals surface area contributed by atoms with E-state index < -0.39 is 0 Å². The first-order valence-electron chi connectivity index (χ1n) is 5.81. The maximum atomic E-state index is 5.30. The third-order valence-electron chi connectivity index (χ3n) is 2.80. The van der Waals surface area contributed by atoms with E-state index >= 15 is 0 Å². The molecule has 0 fully saturated rings. The van der Waals surface area contributed by atoms with Crippen LogP contribution in [-0.4, -0.2) is 26.2 Å². The fourth-order valence-corrected chi connectivity index (χ4v) is 1.80. The Morgan fingerprint density at radius 2 is 2.12 bits per heavy atom. The zero-order chi connectivity index (χ0) is 12.1. The van der Waals surface area contributed by atoms with E-state index in [9.17, 15) is 0 Å². The van der Waals surface area contributed by atoms with Gasteiger partial charge in [0.15, 0.2) is 5.75 Å². The molecule has 90 valence electrons. The van der Waals surface area contributed by atoms with Gasteiger partial charge >= 0.3 is 0 Å². The van der Waals surface area contributed by atoms with Crippen molar-refractivity contribution in [1.82, 2.24) is 4.98 Å². The zero-order valence-electron chi connectivity index (χ0n) is 10.9. The minimum absolute atomic E-state index is 0.509. The molecule has 1 rings (SSSR count). The fraction of sp³-hybridized carbons (Fsp3) is 0.615. The van der Waals surface area contributed by atoms with Crippen molar-refractivity contribution in [1.29, 1.82) is 0 Å². The number of rotatable bonds is 5. The van der Waals surface area contributed by atoms with Crippen molar-refractivity contribution in [3.8, 4) is 5.75 Å². The van der Waals surface area contributed by atoms with Crippen LogP contribution >= 0.6 is 0 Å². The van der Waals surface area contributed by atoms with E-state index in [0.717, 1.165) is 17.1 Å². The highest BCUT2D eigenvalue weighted by Gasteiger charge is 2.11. The van der Waals surface area contributed by atoms with Crippen LogP contribution in [0.4, 0.5) is 5.69 Å². The van der Waals surface area contributed by atoms with Crippen LogP contribution in [-0.2, 0) is 0 Å². The molecule has 0 saturated carbocycles. The van der Waals surface area contributed by atoms with E-state index in [-0.39, 0.29) is 0 Å². The fourth-order valence-electron chi connectivity index (χ4n) is 1.80. The summed E-state index contributed by atoms with van der Waals surface area (Å²) in [6, 6.07) is 2.12. The van der Waals surface area contributed by atoms with Gasteiger partial charge in [-0.1, -0.05) is 20.3 Å². The van der Waals surface area contributed by atoms with Crippen LogP contribution in [0.2, 0.25) is 0 Å². The first kappa shape index (κ1) is 12.8. The van der Waals surface area contributed by atoms with Gasteiger partial charge < -0.3 is 9.64 Å². The Labute approximate surface area is 98.4 Å². The number of methoxy groups -OCH3 is 1. The van der Waals surface area contributed by atoms with Crippen molar-refractivity contribution in [2.45, 2.75) is 32.6 Å². The second kappa shape index (κ2) is 5.73. The minimum Gasteiger partial charge on any atom is -0.493 e. The summed E-state index contributed by atoms with van der Waals surface area (Å²) in [7, 11) is 5.72. The normalized spacial score (nSPS) is 12.3. The van der Waals surface area contributed by atoms with Gasteiger partial charge in [0.05, 0.1) is 19.0 Å². The molecule has 3 heteroatoms. The van der Waals surface area contributed by atoms with Crippen molar-refractivity contribution in [2.24, 2.45) is 0 Å². The highest BCUT2D eigenvalue weighted by molar-refractivity contribution is 5.57. The summed E-state index contributed by atoms with van der Waals surface area (Å²) < 4.78 is 5.30. The average molecular weight is 222 g/mol. The largest absolute Gasteiger partial charge is 0.493 e. The topological polar surface area (TPSA) is 25.4 Å². The second-order valence-corrected chi connectivity index (χ2v) is 4.37. The predicted molar refractivity (Wildman–Crippen MR) is 68.4 cm³/mol. The summed E-state index contributed by atoms with van der Waals surface area (Å²) in [5, 5.41) is 0. The molecule has 1 heterocycles. The lowest BCUT2D eigenvalue weighted by Crippen LogP contribution is -2.11. The number of pyridine rings is 1. The number of nitrogens with zero attached hydrogens (tertiary/aromatic N) is 2. The van der Waals surface area contributed by atoms with Crippen molar-refractivity contribution in [3.05, 3.63) is 18.0 Å². The molecule has 3 nitrogen and oxygen atoms in total. The van der Waals surface area contributed by atoms with Crippen LogP contribution in [0.5, 0.6) is 5.75 Å². The molecule has 1 unspecified atom stereocenters. The third kappa shape index (κ3) is 2.87. The SMILES string of the molecule is CCCC(C)c1cc(N(C)C)c(OC)cn1. The summed E-state index contributed by atoms with van der Waals surface area (Å²) in [5.41, 5.74) is 2.24. The Kier molecular flexibility index (Phi) is 4.59. The number of hydrogen-bond acceptors (Lipinski definition) is 3. The van der Waals surface area contributed by atoms with Gasteiger partial charge in [-0.3, -0.25) is 4.98 Å². The molecule has 0 aliphatic carbocycles. The lowest BCUT2D eigenvalue weighted by molar-refractivity contribution is 0.412. The molecule has 16 heavy (non-hydrogen) atoms. The molecule has 0 aromatic carbocycles. The standard InChI is InChI=1S/C13H22N2O/c1-6-7-10(2)11-8-12(15(3)4)13(16-5)9-14-11/h8-10H,6-7H2,1-5H3. The van der Waals surface area contributed by atoms with Gasteiger partial charge in [0.1, 0.15) is 0 Å². The maximum absolute atomic E-state index is 5.30. The van der Waals surface area contributed by atoms with Gasteiger partial charge in [-0.25, -0.2) is 0 Å². The Morgan fingerprint density at radius 3 is 2.62 bits per heavy atom. The number of aromatic nitrogens is 1. The first-order valence-corrected chi connectivity index (χ1v) is 5.81. The van der Waals surface area contributed by atoms with Gasteiger partial charge in [-0.05, 0) is 18.4 Å². The highest BCUT2D eigenvalue weighted by Crippen LogP contribution is 2.29. The van der Waals surface area contributed by atoms with Crippen molar-refractivity contribution >= 4 is 5.69 Å². The molecule has 0 aliphatic heterocycles. The average Bonchev–Trinajstić information content (AvgIpc) is 2.28. The maximum Gasteiger partial charge on any atom is 0.160 e. The molecule has 0 bridgehead atoms. The molecule has 0 saturated heterocycles. The zero-order valence-corrected chi connectivity index (χ0v) is 10.9. The van der Waals surface area contributed by atoms with E-state index in [4.69, 9.17) is 4.74 Å². The molecule has 0 spiro atoms. The molecule has 1 aromatic rings. The molecule has 1 atom stereocenters. The molecule has 0 N–H and O–H groups in total. The van der Waals surface area contributed by atoms with E-state index in [1.54, 1.807) is 7.11 Å². The Morgan fingerprint density at radius 1 is 1.44 bits per heavy atom. The Bertz CT molecular complexity index is 337. The Balaban J connectivity index is 3.01. The highest BCUT2D eigenvalue weighted by atomic mass is 16.5. The summed E-state index contributed by atoms with van der Waals surface area (Å²) in [6.07, 6.45) is 4.18. The number of ether oxygens (including phenoxy) is 1. The lowest BCUT2D eigenvalue weighted by Gasteiger charge is -2.19. The molecular weight excluding hydrogens is 200 g/mol. The van der Waals surface area contributed by atoms with Crippen molar-refractivity contribution < 1.29 is 4.74 Å². The van der Waals surface area contributed by atoms with E-state index in [0.29, 0.717) is 5.92 Å². The second-order valence-electron chi connectivity index (χ2n) is 4.37. The molecule has 0 aliphatic rings. The van der Waals surface area contributed by atoms with E-state index in [1.807, 2.05) is 20.3 Å². The summed E-state index contributed by atoms with van der Waals surface area (Å²) in [5.74, 6) is 1.34. The predicted octanol–water partition coefficient (Wildman–Crippen LogP) is 3.06. The van der Waals surface area contributed by atoms with Crippen LogP contribution in [0, 0.1) is 0 Å². The molecular formula is C13H22N2O. The minimum atomic E-state index is 0.509. The van der Waals surface area contributed by atoms with E-state index in [1.165, 1.54) is 12.8 Å². The smallest absolute Gasteiger partial charge is 0.160 e. The van der Waals surface area contributed by atoms with Crippen LogP contribution in [0.3, 0.4) is 0 Å². The van der Waals surface area contributed by atoms with Crippen LogP contribution in [0.25, 0.3) is 0 Å². The molecule has 0 amide bonds. The van der Waals surface area contributed by atoms with Gasteiger partial charge in [0.25, 0.3) is 0 Å². The van der Waals surface area contributed by atoms with E-state index in [2.05, 4.69) is 29.8 Å². The van der Waals surface area contributed by atoms with Gasteiger partial charge in [-0.15, -0.1) is 0 Å². The first-order chi connectivity index (χ1) is 7.60. The summed E-state index contributed by atoms with van der Waals surface area (Å²) in [6.45, 7) is 4.42. The lowest BCUT2D eigenvalue weighted by atomic mass is 10.0. The Hall–Kier alpha value is -1.25. The number of hydrogen-bond donors (Lipinski definition) is 0. The van der Waals surface area contributed by atoms with Crippen LogP contribution < -0.4 is 9.64 Å². The quantitative estimate of drug-likeness (QED) is 0.765. The van der Waals surface area contributed by atoms with Crippen LogP contribution in [0.1, 0.15) is 38.3 Å². The molecule has 0 radical (unpaired) electrons. The molecule has 1 aromatic heterocycles. The van der Waals surface area contributed by atoms with Crippen molar-refractivity contribution in [3.63, 3.8) is 0 Å². The summed E-state index contributed by atoms with van der Waals surface area (Å²) >= 11 is 0. The summed E-state index contributed by atoms with van der Waals surface area (Å²) in [4.78, 5) is 6.52. The monoisotopic (exact) mass is 222 g/mol. The van der Waals surface area contributed by atoms with Gasteiger partial charge in [-0.2, -0.15) is 0 Å². The van der Waals surface area contributed by atoms with Crippen LogP contribution in [0.15, 0.2) is 12.3 Å².